The number of rotatable bonds is 5. The number of carbonyl (C=O) groups excluding carboxylic acids is 1. The Balaban J connectivity index is 1.32. The molecule has 1 fully saturated rings. The largest absolute Gasteiger partial charge is 0.361 e. The topological polar surface area (TPSA) is 61.0 Å². The molecule has 3 heterocycles. The number of hydrogen-bond acceptors (Lipinski definition) is 3. The summed E-state index contributed by atoms with van der Waals surface area (Å²) in [4.78, 5) is 22.4. The standard InChI is InChI=1S/C21H24N4O/c26-21(11-10-16-14-23-19-8-2-1-7-18(16)19)24-17-6-5-13-25(15-17)20-9-3-4-12-22-20/h1-4,7-9,12,14,17,23H,5-6,10-11,13,15H2,(H,24,26)/t17-/m0/s1. The Bertz CT molecular complexity index is 874. The van der Waals surface area contributed by atoms with Gasteiger partial charge in [-0.3, -0.25) is 4.79 Å². The van der Waals surface area contributed by atoms with Crippen LogP contribution < -0.4 is 10.2 Å². The molecule has 0 spiro atoms. The summed E-state index contributed by atoms with van der Waals surface area (Å²) in [5.74, 6) is 1.12. The Labute approximate surface area is 153 Å². The van der Waals surface area contributed by atoms with Gasteiger partial charge < -0.3 is 15.2 Å². The van der Waals surface area contributed by atoms with Gasteiger partial charge in [0.2, 0.25) is 5.91 Å². The lowest BCUT2D eigenvalue weighted by atomic mass is 10.0. The molecular weight excluding hydrogens is 324 g/mol. The summed E-state index contributed by atoms with van der Waals surface area (Å²) >= 11 is 0. The quantitative estimate of drug-likeness (QED) is 0.744. The number of amides is 1. The van der Waals surface area contributed by atoms with Crippen molar-refractivity contribution in [1.82, 2.24) is 15.3 Å². The number of para-hydroxylation sites is 1. The average Bonchev–Trinajstić information content (AvgIpc) is 3.10. The zero-order valence-electron chi connectivity index (χ0n) is 14.8. The molecule has 0 radical (unpaired) electrons. The molecule has 134 valence electrons. The van der Waals surface area contributed by atoms with E-state index < -0.39 is 0 Å². The molecule has 0 saturated carbocycles. The van der Waals surface area contributed by atoms with Crippen molar-refractivity contribution in [3.8, 4) is 0 Å². The van der Waals surface area contributed by atoms with E-state index in [2.05, 4.69) is 32.3 Å². The van der Waals surface area contributed by atoms with Crippen LogP contribution in [0.5, 0.6) is 0 Å². The van der Waals surface area contributed by atoms with E-state index in [4.69, 9.17) is 0 Å². The number of aryl methyl sites for hydroxylation is 1. The zero-order valence-corrected chi connectivity index (χ0v) is 14.8. The number of fused-ring (bicyclic) bond motifs is 1. The molecule has 5 nitrogen and oxygen atoms in total. The highest BCUT2D eigenvalue weighted by atomic mass is 16.1. The molecule has 2 aromatic heterocycles. The number of H-pyrrole nitrogens is 1. The van der Waals surface area contributed by atoms with Crippen molar-refractivity contribution in [3.63, 3.8) is 0 Å². The second kappa shape index (κ2) is 7.60. The maximum atomic E-state index is 12.4. The SMILES string of the molecule is O=C(CCc1c[nH]c2ccccc12)N[C@H]1CCCN(c2ccccn2)C1. The minimum atomic E-state index is 0.128. The number of nitrogens with zero attached hydrogens (tertiary/aromatic N) is 2. The normalized spacial score (nSPS) is 17.4. The molecule has 5 heteroatoms. The molecule has 1 aromatic carbocycles. The molecular formula is C21H24N4O. The van der Waals surface area contributed by atoms with Gasteiger partial charge in [-0.2, -0.15) is 0 Å². The first-order valence-corrected chi connectivity index (χ1v) is 9.30. The lowest BCUT2D eigenvalue weighted by Gasteiger charge is -2.34. The van der Waals surface area contributed by atoms with Gasteiger partial charge >= 0.3 is 0 Å². The summed E-state index contributed by atoms with van der Waals surface area (Å²) in [6, 6.07) is 14.4. The average molecular weight is 348 g/mol. The van der Waals surface area contributed by atoms with Gasteiger partial charge in [-0.05, 0) is 43.0 Å². The molecule has 0 unspecified atom stereocenters. The monoisotopic (exact) mass is 348 g/mol. The Morgan fingerprint density at radius 3 is 3.00 bits per heavy atom. The minimum absolute atomic E-state index is 0.128. The van der Waals surface area contributed by atoms with E-state index in [1.807, 2.05) is 42.7 Å². The second-order valence-corrected chi connectivity index (χ2v) is 6.90. The summed E-state index contributed by atoms with van der Waals surface area (Å²) < 4.78 is 0. The first-order valence-electron chi connectivity index (χ1n) is 9.30. The predicted molar refractivity (Wildman–Crippen MR) is 104 cm³/mol. The van der Waals surface area contributed by atoms with Crippen LogP contribution in [0.3, 0.4) is 0 Å². The summed E-state index contributed by atoms with van der Waals surface area (Å²) in [7, 11) is 0. The van der Waals surface area contributed by atoms with Crippen molar-refractivity contribution < 1.29 is 4.79 Å². The molecule has 4 rings (SSSR count). The molecule has 0 aliphatic carbocycles. The molecule has 1 aliphatic heterocycles. The molecule has 2 N–H and O–H groups in total. The second-order valence-electron chi connectivity index (χ2n) is 6.90. The Morgan fingerprint density at radius 1 is 1.23 bits per heavy atom. The number of hydrogen-bond donors (Lipinski definition) is 2. The number of nitrogens with one attached hydrogen (secondary N) is 2. The van der Waals surface area contributed by atoms with Gasteiger partial charge in [-0.25, -0.2) is 4.98 Å². The highest BCUT2D eigenvalue weighted by Gasteiger charge is 2.22. The van der Waals surface area contributed by atoms with E-state index in [1.54, 1.807) is 0 Å². The van der Waals surface area contributed by atoms with Crippen molar-refractivity contribution in [2.75, 3.05) is 18.0 Å². The lowest BCUT2D eigenvalue weighted by Crippen LogP contribution is -2.48. The molecule has 3 aromatic rings. The molecule has 26 heavy (non-hydrogen) atoms. The van der Waals surface area contributed by atoms with Crippen LogP contribution in [0.2, 0.25) is 0 Å². The lowest BCUT2D eigenvalue weighted by molar-refractivity contribution is -0.121. The van der Waals surface area contributed by atoms with Crippen molar-refractivity contribution in [2.45, 2.75) is 31.7 Å². The van der Waals surface area contributed by atoms with E-state index in [1.165, 1.54) is 10.9 Å². The van der Waals surface area contributed by atoms with Gasteiger partial charge in [-0.1, -0.05) is 24.3 Å². The van der Waals surface area contributed by atoms with Crippen LogP contribution in [0.15, 0.2) is 54.9 Å². The number of anilines is 1. The van der Waals surface area contributed by atoms with Crippen LogP contribution in [-0.4, -0.2) is 35.0 Å². The van der Waals surface area contributed by atoms with Crippen LogP contribution in [0.25, 0.3) is 10.9 Å². The highest BCUT2D eigenvalue weighted by Crippen LogP contribution is 2.20. The Hall–Kier alpha value is -2.82. The van der Waals surface area contributed by atoms with E-state index in [0.29, 0.717) is 6.42 Å². The number of aromatic amines is 1. The van der Waals surface area contributed by atoms with Crippen molar-refractivity contribution in [3.05, 3.63) is 60.4 Å². The van der Waals surface area contributed by atoms with Crippen LogP contribution >= 0.6 is 0 Å². The first kappa shape index (κ1) is 16.6. The van der Waals surface area contributed by atoms with Crippen molar-refractivity contribution in [1.29, 1.82) is 0 Å². The number of pyridine rings is 1. The van der Waals surface area contributed by atoms with Gasteiger partial charge in [0.1, 0.15) is 5.82 Å². The smallest absolute Gasteiger partial charge is 0.220 e. The van der Waals surface area contributed by atoms with E-state index in [9.17, 15) is 4.79 Å². The fourth-order valence-corrected chi connectivity index (χ4v) is 3.73. The molecule has 1 saturated heterocycles. The third-order valence-electron chi connectivity index (χ3n) is 5.06. The summed E-state index contributed by atoms with van der Waals surface area (Å²) in [5, 5.41) is 4.42. The maximum absolute atomic E-state index is 12.4. The van der Waals surface area contributed by atoms with Gasteiger partial charge in [0.15, 0.2) is 0 Å². The molecule has 1 atom stereocenters. The van der Waals surface area contributed by atoms with Crippen LogP contribution in [0.1, 0.15) is 24.8 Å². The molecule has 1 amide bonds. The van der Waals surface area contributed by atoms with E-state index >= 15 is 0 Å². The minimum Gasteiger partial charge on any atom is -0.361 e. The number of piperidine rings is 1. The van der Waals surface area contributed by atoms with Gasteiger partial charge in [0.25, 0.3) is 0 Å². The van der Waals surface area contributed by atoms with Crippen LogP contribution in [-0.2, 0) is 11.2 Å². The summed E-state index contributed by atoms with van der Waals surface area (Å²) in [6.07, 6.45) is 7.21. The van der Waals surface area contributed by atoms with Gasteiger partial charge in [0.05, 0.1) is 0 Å². The van der Waals surface area contributed by atoms with Crippen LogP contribution in [0, 0.1) is 0 Å². The maximum Gasteiger partial charge on any atom is 0.220 e. The van der Waals surface area contributed by atoms with E-state index in [-0.39, 0.29) is 11.9 Å². The number of carbonyl (C=O) groups is 1. The Morgan fingerprint density at radius 2 is 2.12 bits per heavy atom. The Kier molecular flexibility index (Phi) is 4.86. The fourth-order valence-electron chi connectivity index (χ4n) is 3.73. The van der Waals surface area contributed by atoms with Gasteiger partial charge in [-0.15, -0.1) is 0 Å². The van der Waals surface area contributed by atoms with Crippen molar-refractivity contribution in [2.24, 2.45) is 0 Å². The zero-order chi connectivity index (χ0) is 17.8. The highest BCUT2D eigenvalue weighted by molar-refractivity contribution is 5.84. The summed E-state index contributed by atoms with van der Waals surface area (Å²) in [5.41, 5.74) is 2.33. The molecule has 1 aliphatic rings. The molecule has 0 bridgehead atoms. The third-order valence-corrected chi connectivity index (χ3v) is 5.06. The number of aromatic nitrogens is 2. The third kappa shape index (κ3) is 3.72. The number of benzene rings is 1. The summed E-state index contributed by atoms with van der Waals surface area (Å²) in [6.45, 7) is 1.83. The predicted octanol–water partition coefficient (Wildman–Crippen LogP) is 3.28. The fraction of sp³-hybridized carbons (Fsp3) is 0.333. The van der Waals surface area contributed by atoms with Crippen molar-refractivity contribution >= 4 is 22.6 Å². The van der Waals surface area contributed by atoms with Crippen LogP contribution in [0.4, 0.5) is 5.82 Å². The van der Waals surface area contributed by atoms with E-state index in [0.717, 1.165) is 43.7 Å². The van der Waals surface area contributed by atoms with Gasteiger partial charge in [0, 0.05) is 48.8 Å². The first-order chi connectivity index (χ1) is 12.8.